The monoisotopic (exact) mass is 360 g/mol. The van der Waals surface area contributed by atoms with Gasteiger partial charge in [0.15, 0.2) is 0 Å². The van der Waals surface area contributed by atoms with E-state index in [1.165, 1.54) is 6.42 Å². The zero-order chi connectivity index (χ0) is 14.7. The molecule has 3 rings (SSSR count). The van der Waals surface area contributed by atoms with Gasteiger partial charge in [-0.2, -0.15) is 0 Å². The van der Waals surface area contributed by atoms with Crippen molar-refractivity contribution in [2.45, 2.75) is 42.7 Å². The lowest BCUT2D eigenvalue weighted by molar-refractivity contribution is -0.133. The molecule has 2 unspecified atom stereocenters. The minimum absolute atomic E-state index is 0. The fourth-order valence-corrected chi connectivity index (χ4v) is 4.51. The molecule has 2 saturated heterocycles. The van der Waals surface area contributed by atoms with Gasteiger partial charge in [0.1, 0.15) is 0 Å². The van der Waals surface area contributed by atoms with Gasteiger partial charge in [-0.15, -0.1) is 24.2 Å². The molecular formula is C16H22Cl2N2OS. The summed E-state index contributed by atoms with van der Waals surface area (Å²) in [7, 11) is 0. The number of nitrogens with zero attached hydrogens (tertiary/aromatic N) is 1. The SMILES string of the molecule is Cl.O=C(CCSc1ccccc1Cl)N1C2CCNCC1CC2. The van der Waals surface area contributed by atoms with Gasteiger partial charge in [-0.25, -0.2) is 0 Å². The Balaban J connectivity index is 0.00000176. The van der Waals surface area contributed by atoms with E-state index in [0.717, 1.165) is 41.6 Å². The Morgan fingerprint density at radius 3 is 2.86 bits per heavy atom. The van der Waals surface area contributed by atoms with E-state index in [9.17, 15) is 4.79 Å². The second kappa shape index (κ2) is 8.44. The molecule has 2 bridgehead atoms. The molecule has 2 heterocycles. The Hall–Kier alpha value is -0.420. The average molecular weight is 361 g/mol. The number of rotatable bonds is 4. The predicted octanol–water partition coefficient (Wildman–Crippen LogP) is 3.60. The molecule has 0 aromatic heterocycles. The summed E-state index contributed by atoms with van der Waals surface area (Å²) >= 11 is 7.81. The Labute approximate surface area is 147 Å². The van der Waals surface area contributed by atoms with Crippen molar-refractivity contribution in [2.24, 2.45) is 0 Å². The Kier molecular flexibility index (Phi) is 6.87. The summed E-state index contributed by atoms with van der Waals surface area (Å²) in [6, 6.07) is 8.69. The van der Waals surface area contributed by atoms with Crippen LogP contribution in [0.3, 0.4) is 0 Å². The third kappa shape index (κ3) is 4.10. The van der Waals surface area contributed by atoms with Crippen molar-refractivity contribution in [2.75, 3.05) is 18.8 Å². The number of benzene rings is 1. The van der Waals surface area contributed by atoms with Gasteiger partial charge in [-0.1, -0.05) is 23.7 Å². The lowest BCUT2D eigenvalue weighted by atomic mass is 10.1. The second-order valence-electron chi connectivity index (χ2n) is 5.71. The maximum Gasteiger partial charge on any atom is 0.223 e. The zero-order valence-corrected chi connectivity index (χ0v) is 14.9. The highest BCUT2D eigenvalue weighted by Crippen LogP contribution is 2.30. The number of nitrogens with one attached hydrogen (secondary N) is 1. The van der Waals surface area contributed by atoms with Crippen LogP contribution in [0.4, 0.5) is 0 Å². The molecule has 3 nitrogen and oxygen atoms in total. The molecule has 1 aromatic carbocycles. The number of thioether (sulfide) groups is 1. The Bertz CT molecular complexity index is 501. The Morgan fingerprint density at radius 1 is 1.27 bits per heavy atom. The summed E-state index contributed by atoms with van der Waals surface area (Å²) in [6.07, 6.45) is 4.03. The second-order valence-corrected chi connectivity index (χ2v) is 7.25. The minimum atomic E-state index is 0. The predicted molar refractivity (Wildman–Crippen MR) is 95.2 cm³/mol. The molecule has 1 N–H and O–H groups in total. The summed E-state index contributed by atoms with van der Waals surface area (Å²) in [6.45, 7) is 2.00. The van der Waals surface area contributed by atoms with Crippen molar-refractivity contribution in [3.05, 3.63) is 29.3 Å². The van der Waals surface area contributed by atoms with Crippen molar-refractivity contribution in [1.29, 1.82) is 0 Å². The van der Waals surface area contributed by atoms with Gasteiger partial charge in [0.2, 0.25) is 5.91 Å². The van der Waals surface area contributed by atoms with Gasteiger partial charge < -0.3 is 10.2 Å². The molecule has 2 atom stereocenters. The lowest BCUT2D eigenvalue weighted by Gasteiger charge is -2.28. The van der Waals surface area contributed by atoms with Gasteiger partial charge in [0.05, 0.1) is 5.02 Å². The van der Waals surface area contributed by atoms with E-state index in [-0.39, 0.29) is 12.4 Å². The van der Waals surface area contributed by atoms with Crippen LogP contribution in [0.2, 0.25) is 5.02 Å². The molecule has 6 heteroatoms. The van der Waals surface area contributed by atoms with Gasteiger partial charge in [-0.05, 0) is 37.9 Å². The van der Waals surface area contributed by atoms with Crippen molar-refractivity contribution >= 4 is 41.7 Å². The molecule has 2 fully saturated rings. The summed E-state index contributed by atoms with van der Waals surface area (Å²) < 4.78 is 0. The summed E-state index contributed by atoms with van der Waals surface area (Å²) in [5.74, 6) is 1.11. The number of hydrogen-bond acceptors (Lipinski definition) is 3. The molecule has 0 radical (unpaired) electrons. The third-order valence-corrected chi connectivity index (χ3v) is 5.87. The van der Waals surface area contributed by atoms with E-state index in [4.69, 9.17) is 11.6 Å². The van der Waals surface area contributed by atoms with Crippen LogP contribution in [-0.2, 0) is 4.79 Å². The van der Waals surface area contributed by atoms with Crippen LogP contribution in [-0.4, -0.2) is 41.7 Å². The van der Waals surface area contributed by atoms with Crippen molar-refractivity contribution in [1.82, 2.24) is 10.2 Å². The number of carbonyl (C=O) groups is 1. The first kappa shape index (κ1) is 17.9. The van der Waals surface area contributed by atoms with E-state index in [0.29, 0.717) is 24.4 Å². The van der Waals surface area contributed by atoms with Crippen LogP contribution in [0, 0.1) is 0 Å². The van der Waals surface area contributed by atoms with Crippen molar-refractivity contribution in [3.8, 4) is 0 Å². The van der Waals surface area contributed by atoms with Crippen LogP contribution in [0.1, 0.15) is 25.7 Å². The summed E-state index contributed by atoms with van der Waals surface area (Å²) in [5, 5.41) is 4.21. The van der Waals surface area contributed by atoms with Gasteiger partial charge >= 0.3 is 0 Å². The number of hydrogen-bond donors (Lipinski definition) is 1. The Morgan fingerprint density at radius 2 is 2.05 bits per heavy atom. The highest BCUT2D eigenvalue weighted by atomic mass is 35.5. The zero-order valence-electron chi connectivity index (χ0n) is 12.5. The standard InChI is InChI=1S/C16H21ClN2OS.ClH/c17-14-3-1-2-4-15(14)21-10-8-16(20)19-12-5-6-13(19)11-18-9-7-12;/h1-4,12-13,18H,5-11H2;1H. The molecular weight excluding hydrogens is 339 g/mol. The minimum Gasteiger partial charge on any atom is -0.335 e. The first-order chi connectivity index (χ1) is 10.3. The van der Waals surface area contributed by atoms with E-state index in [1.54, 1.807) is 11.8 Å². The number of fused-ring (bicyclic) bond motifs is 2. The topological polar surface area (TPSA) is 32.3 Å². The smallest absolute Gasteiger partial charge is 0.223 e. The maximum absolute atomic E-state index is 12.5. The largest absolute Gasteiger partial charge is 0.335 e. The number of halogens is 2. The van der Waals surface area contributed by atoms with E-state index in [2.05, 4.69) is 10.2 Å². The van der Waals surface area contributed by atoms with Gasteiger partial charge in [-0.3, -0.25) is 4.79 Å². The van der Waals surface area contributed by atoms with Crippen molar-refractivity contribution < 1.29 is 4.79 Å². The summed E-state index contributed by atoms with van der Waals surface area (Å²) in [4.78, 5) is 15.8. The van der Waals surface area contributed by atoms with Crippen LogP contribution in [0.15, 0.2) is 29.2 Å². The molecule has 122 valence electrons. The van der Waals surface area contributed by atoms with E-state index in [1.807, 2.05) is 24.3 Å². The fourth-order valence-electron chi connectivity index (χ4n) is 3.33. The quantitative estimate of drug-likeness (QED) is 0.832. The van der Waals surface area contributed by atoms with E-state index < -0.39 is 0 Å². The number of carbonyl (C=O) groups excluding carboxylic acids is 1. The fraction of sp³-hybridized carbons (Fsp3) is 0.562. The summed E-state index contributed by atoms with van der Waals surface area (Å²) in [5.41, 5.74) is 0. The molecule has 22 heavy (non-hydrogen) atoms. The van der Waals surface area contributed by atoms with Crippen molar-refractivity contribution in [3.63, 3.8) is 0 Å². The third-order valence-electron chi connectivity index (χ3n) is 4.35. The molecule has 0 aliphatic carbocycles. The van der Waals surface area contributed by atoms with Gasteiger partial charge in [0, 0.05) is 35.7 Å². The molecule has 1 aromatic rings. The molecule has 0 spiro atoms. The van der Waals surface area contributed by atoms with Crippen LogP contribution >= 0.6 is 35.8 Å². The molecule has 2 aliphatic heterocycles. The molecule has 1 amide bonds. The van der Waals surface area contributed by atoms with Crippen LogP contribution < -0.4 is 5.32 Å². The van der Waals surface area contributed by atoms with Crippen LogP contribution in [0.25, 0.3) is 0 Å². The first-order valence-electron chi connectivity index (χ1n) is 7.65. The normalized spacial score (nSPS) is 23.8. The van der Waals surface area contributed by atoms with E-state index >= 15 is 0 Å². The molecule has 2 aliphatic rings. The highest BCUT2D eigenvalue weighted by Gasteiger charge is 2.37. The van der Waals surface area contributed by atoms with Crippen LogP contribution in [0.5, 0.6) is 0 Å². The lowest BCUT2D eigenvalue weighted by Crippen LogP contribution is -2.42. The number of amides is 1. The highest BCUT2D eigenvalue weighted by molar-refractivity contribution is 7.99. The molecule has 0 saturated carbocycles. The van der Waals surface area contributed by atoms with Gasteiger partial charge in [0.25, 0.3) is 0 Å². The maximum atomic E-state index is 12.5. The first-order valence-corrected chi connectivity index (χ1v) is 9.01. The average Bonchev–Trinajstić information content (AvgIpc) is 2.74.